The molecule has 1 aromatic heterocycles. The van der Waals surface area contributed by atoms with Crippen LogP contribution >= 0.6 is 0 Å². The maximum absolute atomic E-state index is 14.7. The van der Waals surface area contributed by atoms with Crippen LogP contribution in [0.15, 0.2) is 95.5 Å². The fraction of sp³-hybridized carbons (Fsp3) is 0.256. The molecule has 1 saturated heterocycles. The Hall–Kier alpha value is -5.50. The monoisotopic (exact) mass is 658 g/mol. The molecular formula is C39H39FN6O3. The van der Waals surface area contributed by atoms with Crippen LogP contribution in [0.3, 0.4) is 0 Å². The van der Waals surface area contributed by atoms with Gasteiger partial charge in [0.1, 0.15) is 12.1 Å². The molecule has 1 amide bonds. The number of benzene rings is 4. The summed E-state index contributed by atoms with van der Waals surface area (Å²) < 4.78 is 19.9. The van der Waals surface area contributed by atoms with E-state index in [1.54, 1.807) is 18.0 Å². The van der Waals surface area contributed by atoms with Crippen LogP contribution in [0.4, 0.5) is 4.39 Å². The summed E-state index contributed by atoms with van der Waals surface area (Å²) in [4.78, 5) is 31.7. The Kier molecular flexibility index (Phi) is 11.8. The van der Waals surface area contributed by atoms with Gasteiger partial charge in [0.25, 0.3) is 0 Å². The molecule has 5 aromatic rings. The van der Waals surface area contributed by atoms with E-state index >= 15 is 0 Å². The molecule has 1 fully saturated rings. The zero-order valence-corrected chi connectivity index (χ0v) is 27.9. The van der Waals surface area contributed by atoms with Gasteiger partial charge < -0.3 is 14.7 Å². The summed E-state index contributed by atoms with van der Waals surface area (Å²) in [6, 6.07) is 30.5. The van der Waals surface area contributed by atoms with Crippen LogP contribution in [0.1, 0.15) is 43.3 Å². The highest BCUT2D eigenvalue weighted by Crippen LogP contribution is 2.23. The van der Waals surface area contributed by atoms with Gasteiger partial charge in [-0.05, 0) is 66.9 Å². The van der Waals surface area contributed by atoms with Crippen molar-refractivity contribution in [3.63, 3.8) is 0 Å². The smallest absolute Gasteiger partial charge is 0.316 e. The van der Waals surface area contributed by atoms with Crippen LogP contribution in [0, 0.1) is 31.0 Å². The summed E-state index contributed by atoms with van der Waals surface area (Å²) in [6.07, 6.45) is 1.24. The van der Waals surface area contributed by atoms with Gasteiger partial charge in [-0.2, -0.15) is 10.2 Å². The second kappa shape index (κ2) is 16.6. The van der Waals surface area contributed by atoms with Crippen LogP contribution in [-0.2, 0) is 13.0 Å². The Bertz CT molecular complexity index is 1930. The number of hydrogen-bond donors (Lipinski definition) is 1. The minimum absolute atomic E-state index is 0.0241. The summed E-state index contributed by atoms with van der Waals surface area (Å²) in [5.74, 6) is -1.01. The number of nitrogens with zero attached hydrogens (tertiary/aromatic N) is 5. The SMILES string of the molecule is CNC(C#N)Cc1ccc(-c2noc(C(=O)N3CCN(Cc4ccccc4C)CC3)n2)c(F)c1.Cc1ccc(-c2cccc(C=O)c2)cc1. The predicted molar refractivity (Wildman–Crippen MR) is 186 cm³/mol. The molecule has 4 aromatic carbocycles. The molecular weight excluding hydrogens is 619 g/mol. The Labute approximate surface area is 286 Å². The molecule has 1 aliphatic rings. The highest BCUT2D eigenvalue weighted by Gasteiger charge is 2.27. The zero-order chi connectivity index (χ0) is 34.8. The number of rotatable bonds is 9. The number of piperazine rings is 1. The lowest BCUT2D eigenvalue weighted by molar-refractivity contribution is 0.0580. The molecule has 1 atom stereocenters. The summed E-state index contributed by atoms with van der Waals surface area (Å²) in [5, 5.41) is 15.7. The van der Waals surface area contributed by atoms with Gasteiger partial charge in [0.05, 0.1) is 17.7 Å². The van der Waals surface area contributed by atoms with Gasteiger partial charge in [-0.3, -0.25) is 14.5 Å². The summed E-state index contributed by atoms with van der Waals surface area (Å²) in [7, 11) is 1.68. The third kappa shape index (κ3) is 9.11. The fourth-order valence-electron chi connectivity index (χ4n) is 5.54. The molecule has 2 heterocycles. The number of halogens is 1. The minimum atomic E-state index is -0.532. The average Bonchev–Trinajstić information content (AvgIpc) is 3.62. The van der Waals surface area contributed by atoms with Crippen molar-refractivity contribution in [2.75, 3.05) is 33.2 Å². The number of carbonyl (C=O) groups excluding carboxylic acids is 2. The lowest BCUT2D eigenvalue weighted by Crippen LogP contribution is -2.48. The van der Waals surface area contributed by atoms with Crippen LogP contribution in [0.2, 0.25) is 0 Å². The number of amides is 1. The Balaban J connectivity index is 0.000000259. The van der Waals surface area contributed by atoms with E-state index in [0.29, 0.717) is 30.6 Å². The zero-order valence-electron chi connectivity index (χ0n) is 27.9. The number of aldehydes is 1. The number of nitrogens with one attached hydrogen (secondary N) is 1. The number of aromatic nitrogens is 2. The van der Waals surface area contributed by atoms with Crippen molar-refractivity contribution in [1.29, 1.82) is 5.26 Å². The largest absolute Gasteiger partial charge is 0.332 e. The van der Waals surface area contributed by atoms with E-state index in [1.807, 2.05) is 36.4 Å². The molecule has 9 nitrogen and oxygen atoms in total. The van der Waals surface area contributed by atoms with E-state index in [9.17, 15) is 14.0 Å². The van der Waals surface area contributed by atoms with Crippen molar-refractivity contribution < 1.29 is 18.5 Å². The molecule has 1 unspecified atom stereocenters. The first kappa shape index (κ1) is 34.8. The van der Waals surface area contributed by atoms with E-state index in [1.165, 1.54) is 28.8 Å². The van der Waals surface area contributed by atoms with Gasteiger partial charge >= 0.3 is 11.8 Å². The summed E-state index contributed by atoms with van der Waals surface area (Å²) >= 11 is 0. The van der Waals surface area contributed by atoms with Gasteiger partial charge in [-0.15, -0.1) is 0 Å². The number of nitriles is 1. The molecule has 250 valence electrons. The van der Waals surface area contributed by atoms with Crippen molar-refractivity contribution in [3.05, 3.63) is 131 Å². The van der Waals surface area contributed by atoms with E-state index < -0.39 is 11.9 Å². The van der Waals surface area contributed by atoms with Crippen LogP contribution < -0.4 is 5.32 Å². The summed E-state index contributed by atoms with van der Waals surface area (Å²) in [5.41, 5.74) is 7.54. The van der Waals surface area contributed by atoms with Crippen molar-refractivity contribution in [2.24, 2.45) is 0 Å². The number of carbonyl (C=O) groups is 2. The number of aryl methyl sites for hydroxylation is 2. The van der Waals surface area contributed by atoms with Crippen LogP contribution in [0.25, 0.3) is 22.5 Å². The van der Waals surface area contributed by atoms with E-state index in [0.717, 1.165) is 37.0 Å². The van der Waals surface area contributed by atoms with Crippen molar-refractivity contribution in [2.45, 2.75) is 32.9 Å². The first-order valence-electron chi connectivity index (χ1n) is 16.2. The molecule has 0 spiro atoms. The minimum Gasteiger partial charge on any atom is -0.332 e. The highest BCUT2D eigenvalue weighted by atomic mass is 19.1. The third-order valence-corrected chi connectivity index (χ3v) is 8.55. The molecule has 1 aliphatic heterocycles. The van der Waals surface area contributed by atoms with Gasteiger partial charge in [-0.1, -0.05) is 83.5 Å². The second-order valence-electron chi connectivity index (χ2n) is 12.0. The predicted octanol–water partition coefficient (Wildman–Crippen LogP) is 6.27. The van der Waals surface area contributed by atoms with Gasteiger partial charge in [0.15, 0.2) is 0 Å². The molecule has 0 aliphatic carbocycles. The maximum Gasteiger partial charge on any atom is 0.316 e. The first-order chi connectivity index (χ1) is 23.8. The quantitative estimate of drug-likeness (QED) is 0.184. The third-order valence-electron chi connectivity index (χ3n) is 8.55. The Morgan fingerprint density at radius 1 is 0.980 bits per heavy atom. The molecule has 0 radical (unpaired) electrons. The van der Waals surface area contributed by atoms with E-state index in [-0.39, 0.29) is 23.2 Å². The van der Waals surface area contributed by atoms with Crippen molar-refractivity contribution in [3.8, 4) is 28.6 Å². The van der Waals surface area contributed by atoms with Crippen molar-refractivity contribution >= 4 is 12.2 Å². The van der Waals surface area contributed by atoms with Crippen LogP contribution in [0.5, 0.6) is 0 Å². The fourth-order valence-corrected chi connectivity index (χ4v) is 5.54. The topological polar surface area (TPSA) is 115 Å². The molecule has 0 saturated carbocycles. The molecule has 49 heavy (non-hydrogen) atoms. The van der Waals surface area contributed by atoms with E-state index in [4.69, 9.17) is 9.78 Å². The standard InChI is InChI=1S/C25H27FN6O2.C14H12O/c1-17-5-3-4-6-19(17)16-31-9-11-32(12-10-31)25(33)24-29-23(30-34-24)21-8-7-18(14-22(21)26)13-20(15-27)28-2;1-11-5-7-13(8-6-11)14-4-2-3-12(9-14)10-15/h3-8,14,20,28H,9-13,16H2,1-2H3;2-10H,1H3. The molecule has 6 rings (SSSR count). The second-order valence-corrected chi connectivity index (χ2v) is 12.0. The number of likely N-dealkylation sites (N-methyl/N-ethyl adjacent to an activating group) is 1. The lowest BCUT2D eigenvalue weighted by Gasteiger charge is -2.34. The van der Waals surface area contributed by atoms with Crippen LogP contribution in [-0.4, -0.2) is 71.4 Å². The normalized spacial score (nSPS) is 13.6. The Morgan fingerprint density at radius 2 is 1.73 bits per heavy atom. The lowest BCUT2D eigenvalue weighted by atomic mass is 10.0. The molecule has 0 bridgehead atoms. The van der Waals surface area contributed by atoms with E-state index in [2.05, 4.69) is 76.7 Å². The maximum atomic E-state index is 14.7. The molecule has 1 N–H and O–H groups in total. The first-order valence-corrected chi connectivity index (χ1v) is 16.2. The molecule has 10 heteroatoms. The summed E-state index contributed by atoms with van der Waals surface area (Å²) in [6.45, 7) is 7.60. The Morgan fingerprint density at radius 3 is 2.41 bits per heavy atom. The average molecular weight is 659 g/mol. The highest BCUT2D eigenvalue weighted by molar-refractivity contribution is 5.90. The van der Waals surface area contributed by atoms with Crippen molar-refractivity contribution in [1.82, 2.24) is 25.3 Å². The van der Waals surface area contributed by atoms with Gasteiger partial charge in [0.2, 0.25) is 5.82 Å². The number of hydrogen-bond acceptors (Lipinski definition) is 8. The van der Waals surface area contributed by atoms with Gasteiger partial charge in [-0.25, -0.2) is 4.39 Å². The van der Waals surface area contributed by atoms with Gasteiger partial charge in [0, 0.05) is 44.7 Å².